The van der Waals surface area contributed by atoms with Crippen molar-refractivity contribution in [2.75, 3.05) is 38.2 Å². The summed E-state index contributed by atoms with van der Waals surface area (Å²) in [6.45, 7) is 3.70. The third-order valence-corrected chi connectivity index (χ3v) is 5.00. The number of aryl methyl sites for hydroxylation is 1. The molecular formula is C19H20ClN3O4. The number of halogens is 1. The van der Waals surface area contributed by atoms with E-state index in [1.54, 1.807) is 30.2 Å². The molecule has 0 aliphatic carbocycles. The van der Waals surface area contributed by atoms with Gasteiger partial charge in [-0.05, 0) is 24.6 Å². The van der Waals surface area contributed by atoms with Gasteiger partial charge in [0.1, 0.15) is 11.4 Å². The Hall–Kier alpha value is -2.80. The number of piperazine rings is 1. The van der Waals surface area contributed by atoms with E-state index in [9.17, 15) is 14.9 Å². The minimum Gasteiger partial charge on any atom is -0.496 e. The summed E-state index contributed by atoms with van der Waals surface area (Å²) in [7, 11) is 1.55. The molecule has 8 heteroatoms. The number of anilines is 1. The van der Waals surface area contributed by atoms with Crippen LogP contribution >= 0.6 is 11.6 Å². The minimum atomic E-state index is -0.434. The highest BCUT2D eigenvalue weighted by atomic mass is 35.5. The van der Waals surface area contributed by atoms with Crippen LogP contribution in [0.5, 0.6) is 5.75 Å². The Bertz CT molecular complexity index is 879. The van der Waals surface area contributed by atoms with Crippen LogP contribution in [0.4, 0.5) is 11.4 Å². The van der Waals surface area contributed by atoms with Crippen molar-refractivity contribution in [1.82, 2.24) is 4.90 Å². The van der Waals surface area contributed by atoms with E-state index < -0.39 is 4.92 Å². The summed E-state index contributed by atoms with van der Waals surface area (Å²) in [5, 5.41) is 11.7. The van der Waals surface area contributed by atoms with Crippen molar-refractivity contribution in [3.05, 3.63) is 62.7 Å². The normalized spacial score (nSPS) is 14.2. The van der Waals surface area contributed by atoms with Crippen molar-refractivity contribution in [3.8, 4) is 5.75 Å². The van der Waals surface area contributed by atoms with Crippen molar-refractivity contribution < 1.29 is 14.5 Å². The van der Waals surface area contributed by atoms with Crippen LogP contribution in [-0.4, -0.2) is 49.0 Å². The quantitative estimate of drug-likeness (QED) is 0.590. The van der Waals surface area contributed by atoms with Crippen LogP contribution in [0.1, 0.15) is 15.9 Å². The van der Waals surface area contributed by atoms with Gasteiger partial charge in [0.05, 0.1) is 22.6 Å². The zero-order chi connectivity index (χ0) is 19.6. The largest absolute Gasteiger partial charge is 0.496 e. The smallest absolute Gasteiger partial charge is 0.294 e. The average molecular weight is 390 g/mol. The highest BCUT2D eigenvalue weighted by molar-refractivity contribution is 6.33. The zero-order valence-electron chi connectivity index (χ0n) is 15.1. The van der Waals surface area contributed by atoms with Crippen LogP contribution in [0.15, 0.2) is 36.4 Å². The Labute approximate surface area is 162 Å². The molecule has 0 unspecified atom stereocenters. The molecule has 0 radical (unpaired) electrons. The van der Waals surface area contributed by atoms with Crippen LogP contribution in [0.2, 0.25) is 5.02 Å². The van der Waals surface area contributed by atoms with Gasteiger partial charge in [-0.1, -0.05) is 29.8 Å². The van der Waals surface area contributed by atoms with Gasteiger partial charge in [0.2, 0.25) is 0 Å². The van der Waals surface area contributed by atoms with Gasteiger partial charge in [0.15, 0.2) is 0 Å². The van der Waals surface area contributed by atoms with Crippen LogP contribution in [0.25, 0.3) is 0 Å². The second-order valence-electron chi connectivity index (χ2n) is 6.30. The lowest BCUT2D eigenvalue weighted by atomic mass is 10.1. The molecule has 3 rings (SSSR count). The van der Waals surface area contributed by atoms with Crippen molar-refractivity contribution in [1.29, 1.82) is 0 Å². The lowest BCUT2D eigenvalue weighted by molar-refractivity contribution is -0.384. The molecule has 0 saturated carbocycles. The molecule has 0 atom stereocenters. The molecule has 2 aromatic rings. The van der Waals surface area contributed by atoms with Crippen LogP contribution in [-0.2, 0) is 0 Å². The third kappa shape index (κ3) is 3.68. The first-order valence-electron chi connectivity index (χ1n) is 8.54. The number of carbonyl (C=O) groups is 1. The lowest BCUT2D eigenvalue weighted by Gasteiger charge is -2.36. The van der Waals surface area contributed by atoms with E-state index in [0.717, 1.165) is 5.56 Å². The molecular weight excluding hydrogens is 370 g/mol. The first kappa shape index (κ1) is 19.0. The molecule has 1 heterocycles. The number of amides is 1. The molecule has 0 N–H and O–H groups in total. The fourth-order valence-corrected chi connectivity index (χ4v) is 3.65. The standard InChI is InChI=1S/C19H20ClN3O4/c1-13-5-3-6-14(18(13)27-2)19(24)22-11-9-21(10-12-22)17-15(20)7-4-8-16(17)23(25)26/h3-8H,9-12H2,1-2H3. The summed E-state index contributed by atoms with van der Waals surface area (Å²) >= 11 is 6.22. The topological polar surface area (TPSA) is 75.9 Å². The minimum absolute atomic E-state index is 0.0253. The monoisotopic (exact) mass is 389 g/mol. The predicted molar refractivity (Wildman–Crippen MR) is 104 cm³/mol. The third-order valence-electron chi connectivity index (χ3n) is 4.69. The highest BCUT2D eigenvalue weighted by Crippen LogP contribution is 2.36. The van der Waals surface area contributed by atoms with Crippen molar-refractivity contribution in [2.24, 2.45) is 0 Å². The Kier molecular flexibility index (Phi) is 5.51. The van der Waals surface area contributed by atoms with E-state index in [2.05, 4.69) is 0 Å². The van der Waals surface area contributed by atoms with Crippen molar-refractivity contribution in [3.63, 3.8) is 0 Å². The Morgan fingerprint density at radius 2 is 1.81 bits per heavy atom. The predicted octanol–water partition coefficient (Wildman–Crippen LogP) is 3.53. The fraction of sp³-hybridized carbons (Fsp3) is 0.316. The molecule has 0 spiro atoms. The summed E-state index contributed by atoms with van der Waals surface area (Å²) in [4.78, 5) is 27.4. The van der Waals surface area contributed by atoms with E-state index >= 15 is 0 Å². The summed E-state index contributed by atoms with van der Waals surface area (Å²) in [6.07, 6.45) is 0. The molecule has 0 bridgehead atoms. The molecule has 1 aliphatic heterocycles. The number of ether oxygens (including phenoxy) is 1. The number of hydrogen-bond acceptors (Lipinski definition) is 5. The average Bonchev–Trinajstić information content (AvgIpc) is 2.67. The maximum atomic E-state index is 12.9. The van der Waals surface area contributed by atoms with E-state index in [1.807, 2.05) is 24.0 Å². The molecule has 1 aliphatic rings. The maximum absolute atomic E-state index is 12.9. The molecule has 1 saturated heterocycles. The number of nitro groups is 1. The molecule has 1 amide bonds. The van der Waals surface area contributed by atoms with E-state index in [-0.39, 0.29) is 11.6 Å². The summed E-state index contributed by atoms with van der Waals surface area (Å²) in [6, 6.07) is 10.1. The first-order chi connectivity index (χ1) is 12.9. The maximum Gasteiger partial charge on any atom is 0.294 e. The summed E-state index contributed by atoms with van der Waals surface area (Å²) in [5.41, 5.74) is 1.80. The summed E-state index contributed by atoms with van der Waals surface area (Å²) < 4.78 is 5.39. The zero-order valence-corrected chi connectivity index (χ0v) is 15.9. The SMILES string of the molecule is COc1c(C)cccc1C(=O)N1CCN(c2c(Cl)cccc2[N+](=O)[O-])CC1. The first-order valence-corrected chi connectivity index (χ1v) is 8.92. The number of para-hydroxylation sites is 2. The number of nitrogens with zero attached hydrogens (tertiary/aromatic N) is 3. The fourth-order valence-electron chi connectivity index (χ4n) is 3.36. The number of rotatable bonds is 4. The van der Waals surface area contributed by atoms with Crippen LogP contribution in [0.3, 0.4) is 0 Å². The molecule has 1 fully saturated rings. The van der Waals surface area contributed by atoms with Crippen LogP contribution in [0, 0.1) is 17.0 Å². The van der Waals surface area contributed by atoms with E-state index in [4.69, 9.17) is 16.3 Å². The Morgan fingerprint density at radius 3 is 2.44 bits per heavy atom. The van der Waals surface area contributed by atoms with E-state index in [0.29, 0.717) is 48.2 Å². The number of benzene rings is 2. The lowest BCUT2D eigenvalue weighted by Crippen LogP contribution is -2.49. The molecule has 7 nitrogen and oxygen atoms in total. The van der Waals surface area contributed by atoms with Crippen molar-refractivity contribution >= 4 is 28.9 Å². The number of nitro benzene ring substituents is 1. The Morgan fingerprint density at radius 1 is 1.15 bits per heavy atom. The van der Waals surface area contributed by atoms with Gasteiger partial charge in [0.25, 0.3) is 11.6 Å². The Balaban J connectivity index is 1.78. The second kappa shape index (κ2) is 7.84. The van der Waals surface area contributed by atoms with E-state index in [1.165, 1.54) is 6.07 Å². The van der Waals surface area contributed by atoms with Gasteiger partial charge >= 0.3 is 0 Å². The van der Waals surface area contributed by atoms with Gasteiger partial charge in [-0.3, -0.25) is 14.9 Å². The van der Waals surface area contributed by atoms with Gasteiger partial charge in [0, 0.05) is 32.2 Å². The van der Waals surface area contributed by atoms with Gasteiger partial charge < -0.3 is 14.5 Å². The van der Waals surface area contributed by atoms with Crippen LogP contribution < -0.4 is 9.64 Å². The van der Waals surface area contributed by atoms with Gasteiger partial charge in [-0.25, -0.2) is 0 Å². The molecule has 2 aromatic carbocycles. The molecule has 142 valence electrons. The number of carbonyl (C=O) groups excluding carboxylic acids is 1. The molecule has 27 heavy (non-hydrogen) atoms. The number of hydrogen-bond donors (Lipinski definition) is 0. The number of methoxy groups -OCH3 is 1. The van der Waals surface area contributed by atoms with Gasteiger partial charge in [-0.2, -0.15) is 0 Å². The van der Waals surface area contributed by atoms with Crippen molar-refractivity contribution in [2.45, 2.75) is 6.92 Å². The highest BCUT2D eigenvalue weighted by Gasteiger charge is 2.29. The molecule has 0 aromatic heterocycles. The summed E-state index contributed by atoms with van der Waals surface area (Å²) in [5.74, 6) is 0.468. The van der Waals surface area contributed by atoms with Gasteiger partial charge in [-0.15, -0.1) is 0 Å². The second-order valence-corrected chi connectivity index (χ2v) is 6.71.